The molecule has 2 heterocycles. The molecule has 0 amide bonds. The van der Waals surface area contributed by atoms with Gasteiger partial charge < -0.3 is 19.5 Å². The molecule has 2 saturated heterocycles. The van der Waals surface area contributed by atoms with Crippen molar-refractivity contribution < 1.29 is 23.8 Å². The molecule has 1 aromatic rings. The van der Waals surface area contributed by atoms with Gasteiger partial charge in [0.05, 0.1) is 25.7 Å². The van der Waals surface area contributed by atoms with Crippen molar-refractivity contribution in [1.29, 1.82) is 0 Å². The van der Waals surface area contributed by atoms with Gasteiger partial charge in [0.2, 0.25) is 0 Å². The van der Waals surface area contributed by atoms with Gasteiger partial charge in [-0.2, -0.15) is 0 Å². The van der Waals surface area contributed by atoms with Crippen LogP contribution >= 0.6 is 0 Å². The van der Waals surface area contributed by atoms with Crippen molar-refractivity contribution in [3.05, 3.63) is 24.0 Å². The Bertz CT molecular complexity index is 584. The number of halogens is 1. The van der Waals surface area contributed by atoms with Crippen LogP contribution in [0.4, 0.5) is 10.1 Å². The van der Waals surface area contributed by atoms with Crippen LogP contribution in [0.15, 0.2) is 18.2 Å². The van der Waals surface area contributed by atoms with Crippen LogP contribution < -0.4 is 9.64 Å². The number of rotatable bonds is 4. The Balaban J connectivity index is 1.63. The maximum absolute atomic E-state index is 13.6. The van der Waals surface area contributed by atoms with Gasteiger partial charge in [-0.15, -0.1) is 0 Å². The summed E-state index contributed by atoms with van der Waals surface area (Å²) in [4.78, 5) is 13.0. The Morgan fingerprint density at radius 3 is 2.83 bits per heavy atom. The quantitative estimate of drug-likeness (QED) is 0.923. The van der Waals surface area contributed by atoms with Gasteiger partial charge >= 0.3 is 5.97 Å². The molecule has 2 aliphatic rings. The zero-order valence-electron chi connectivity index (χ0n) is 13.3. The predicted octanol–water partition coefficient (Wildman–Crippen LogP) is 2.68. The Hall–Kier alpha value is -1.82. The molecule has 0 radical (unpaired) electrons. The number of piperidine rings is 1. The van der Waals surface area contributed by atoms with Crippen molar-refractivity contribution in [2.24, 2.45) is 5.92 Å². The summed E-state index contributed by atoms with van der Waals surface area (Å²) in [7, 11) is 1.53. The molecule has 126 valence electrons. The van der Waals surface area contributed by atoms with Gasteiger partial charge in [0.15, 0.2) is 0 Å². The minimum atomic E-state index is -0.764. The van der Waals surface area contributed by atoms with E-state index in [0.29, 0.717) is 12.4 Å². The van der Waals surface area contributed by atoms with Crippen LogP contribution in [0.25, 0.3) is 0 Å². The molecule has 23 heavy (non-hydrogen) atoms. The van der Waals surface area contributed by atoms with E-state index in [1.165, 1.54) is 19.2 Å². The van der Waals surface area contributed by atoms with Gasteiger partial charge in [-0.25, -0.2) is 4.39 Å². The van der Waals surface area contributed by atoms with Crippen LogP contribution in [0, 0.1) is 11.7 Å². The molecule has 2 aliphatic heterocycles. The lowest BCUT2D eigenvalue weighted by atomic mass is 9.84. The molecule has 1 unspecified atom stereocenters. The van der Waals surface area contributed by atoms with Crippen molar-refractivity contribution >= 4 is 11.7 Å². The van der Waals surface area contributed by atoms with Crippen LogP contribution in [0.1, 0.15) is 25.7 Å². The molecular formula is C17H22FNO4. The summed E-state index contributed by atoms with van der Waals surface area (Å²) in [6.07, 6.45) is 2.65. The Morgan fingerprint density at radius 2 is 2.17 bits per heavy atom. The van der Waals surface area contributed by atoms with Gasteiger partial charge in [0.25, 0.3) is 0 Å². The van der Waals surface area contributed by atoms with Crippen LogP contribution in [0.2, 0.25) is 0 Å². The number of carboxylic acid groups (broad SMARTS) is 1. The fourth-order valence-electron chi connectivity index (χ4n) is 3.69. The minimum absolute atomic E-state index is 0.105. The van der Waals surface area contributed by atoms with Crippen LogP contribution in [-0.2, 0) is 9.53 Å². The fourth-order valence-corrected chi connectivity index (χ4v) is 3.69. The van der Waals surface area contributed by atoms with Gasteiger partial charge in [-0.3, -0.25) is 4.79 Å². The number of hydrogen-bond donors (Lipinski definition) is 1. The monoisotopic (exact) mass is 323 g/mol. The summed E-state index contributed by atoms with van der Waals surface area (Å²) in [6.45, 7) is 2.07. The zero-order chi connectivity index (χ0) is 16.4. The summed E-state index contributed by atoms with van der Waals surface area (Å²) in [6, 6.07) is 4.72. The molecular weight excluding hydrogens is 301 g/mol. The van der Waals surface area contributed by atoms with E-state index in [0.717, 1.165) is 38.0 Å². The van der Waals surface area contributed by atoms with E-state index in [4.69, 9.17) is 14.6 Å². The first-order chi connectivity index (χ1) is 11.0. The highest BCUT2D eigenvalue weighted by molar-refractivity contribution is 5.67. The first-order valence-corrected chi connectivity index (χ1v) is 7.95. The Kier molecular flexibility index (Phi) is 4.43. The second-order valence-corrected chi connectivity index (χ2v) is 6.50. The second kappa shape index (κ2) is 6.35. The highest BCUT2D eigenvalue weighted by Crippen LogP contribution is 2.40. The summed E-state index contributed by atoms with van der Waals surface area (Å²) in [5.41, 5.74) is 0.616. The lowest BCUT2D eigenvalue weighted by Gasteiger charge is -2.40. The lowest BCUT2D eigenvalue weighted by Crippen LogP contribution is -2.44. The van der Waals surface area contributed by atoms with Crippen molar-refractivity contribution in [2.75, 3.05) is 31.7 Å². The van der Waals surface area contributed by atoms with Crippen LogP contribution in [0.5, 0.6) is 5.75 Å². The first kappa shape index (κ1) is 16.1. The third-order valence-electron chi connectivity index (χ3n) is 4.88. The number of ether oxygens (including phenoxy) is 2. The third kappa shape index (κ3) is 3.58. The molecule has 6 heteroatoms. The second-order valence-electron chi connectivity index (χ2n) is 6.50. The van der Waals surface area contributed by atoms with Gasteiger partial charge in [-0.1, -0.05) is 0 Å². The molecule has 0 aromatic heterocycles. The SMILES string of the molecule is COc1cc(F)cc(N2CCC3(CC2)CC(CC(=O)O)CO3)c1. The topological polar surface area (TPSA) is 59.0 Å². The highest BCUT2D eigenvalue weighted by atomic mass is 19.1. The van der Waals surface area contributed by atoms with Gasteiger partial charge in [0.1, 0.15) is 11.6 Å². The van der Waals surface area contributed by atoms with Crippen molar-refractivity contribution in [2.45, 2.75) is 31.3 Å². The standard InChI is InChI=1S/C17H22FNO4/c1-22-15-8-13(18)7-14(9-15)19-4-2-17(3-5-19)10-12(11-23-17)6-16(20)21/h7-9,12H,2-6,10-11H2,1H3,(H,20,21). The molecule has 2 fully saturated rings. The predicted molar refractivity (Wildman–Crippen MR) is 83.4 cm³/mol. The number of carboxylic acids is 1. The van der Waals surface area contributed by atoms with E-state index < -0.39 is 5.97 Å². The van der Waals surface area contributed by atoms with E-state index >= 15 is 0 Å². The van der Waals surface area contributed by atoms with Gasteiger partial charge in [-0.05, 0) is 31.2 Å². The smallest absolute Gasteiger partial charge is 0.303 e. The minimum Gasteiger partial charge on any atom is -0.497 e. The fraction of sp³-hybridized carbons (Fsp3) is 0.588. The molecule has 0 bridgehead atoms. The molecule has 1 N–H and O–H groups in total. The number of benzene rings is 1. The molecule has 5 nitrogen and oxygen atoms in total. The molecule has 1 atom stereocenters. The number of methoxy groups -OCH3 is 1. The third-order valence-corrected chi connectivity index (χ3v) is 4.88. The van der Waals surface area contributed by atoms with Crippen molar-refractivity contribution in [1.82, 2.24) is 0 Å². The van der Waals surface area contributed by atoms with E-state index in [2.05, 4.69) is 4.90 Å². The van der Waals surface area contributed by atoms with Crippen LogP contribution in [-0.4, -0.2) is 43.5 Å². The van der Waals surface area contributed by atoms with Crippen molar-refractivity contribution in [3.8, 4) is 5.75 Å². The molecule has 0 saturated carbocycles. The normalized spacial score (nSPS) is 23.2. The van der Waals surface area contributed by atoms with E-state index in [9.17, 15) is 9.18 Å². The maximum atomic E-state index is 13.6. The zero-order valence-corrected chi connectivity index (χ0v) is 13.3. The summed E-state index contributed by atoms with van der Waals surface area (Å²) < 4.78 is 24.7. The molecule has 1 spiro atoms. The summed E-state index contributed by atoms with van der Waals surface area (Å²) >= 11 is 0. The molecule has 1 aromatic carbocycles. The van der Waals surface area contributed by atoms with E-state index in [1.807, 2.05) is 6.07 Å². The van der Waals surface area contributed by atoms with Crippen LogP contribution in [0.3, 0.4) is 0 Å². The van der Waals surface area contributed by atoms with Gasteiger partial charge in [0, 0.05) is 30.9 Å². The average Bonchev–Trinajstić information content (AvgIpc) is 2.89. The number of hydrogen-bond acceptors (Lipinski definition) is 4. The summed E-state index contributed by atoms with van der Waals surface area (Å²) in [5.74, 6) is -0.453. The lowest BCUT2D eigenvalue weighted by molar-refractivity contribution is -0.138. The highest BCUT2D eigenvalue weighted by Gasteiger charge is 2.43. The number of nitrogens with zero attached hydrogens (tertiary/aromatic N) is 1. The molecule has 0 aliphatic carbocycles. The largest absolute Gasteiger partial charge is 0.497 e. The average molecular weight is 323 g/mol. The maximum Gasteiger partial charge on any atom is 0.303 e. The number of carbonyl (C=O) groups is 1. The van der Waals surface area contributed by atoms with E-state index in [-0.39, 0.29) is 23.8 Å². The van der Waals surface area contributed by atoms with E-state index in [1.54, 1.807) is 0 Å². The van der Waals surface area contributed by atoms with Crippen molar-refractivity contribution in [3.63, 3.8) is 0 Å². The first-order valence-electron chi connectivity index (χ1n) is 7.95. The summed E-state index contributed by atoms with van der Waals surface area (Å²) in [5, 5.41) is 8.92. The Labute approximate surface area is 135 Å². The number of anilines is 1. The molecule has 3 rings (SSSR count). The number of aliphatic carboxylic acids is 1. The Morgan fingerprint density at radius 1 is 1.43 bits per heavy atom.